The zero-order chi connectivity index (χ0) is 24.4. The second-order valence-corrected chi connectivity index (χ2v) is 10.4. The van der Waals surface area contributed by atoms with Crippen molar-refractivity contribution in [1.82, 2.24) is 0 Å². The lowest BCUT2D eigenvalue weighted by molar-refractivity contribution is 0.725. The van der Waals surface area contributed by atoms with Crippen molar-refractivity contribution in [2.75, 3.05) is 0 Å². The molecule has 0 saturated heterocycles. The van der Waals surface area contributed by atoms with Gasteiger partial charge in [-0.1, -0.05) is 123 Å². The van der Waals surface area contributed by atoms with Gasteiger partial charge in [-0.3, -0.25) is 0 Å². The Labute approximate surface area is 212 Å². The first-order chi connectivity index (χ1) is 17.1. The second-order valence-electron chi connectivity index (χ2n) is 10.4. The van der Waals surface area contributed by atoms with Crippen LogP contribution >= 0.6 is 0 Å². The van der Waals surface area contributed by atoms with E-state index >= 15 is 0 Å². The van der Waals surface area contributed by atoms with Crippen LogP contribution in [0.3, 0.4) is 0 Å². The Bertz CT molecular complexity index is 1270. The van der Waals surface area contributed by atoms with Crippen molar-refractivity contribution < 1.29 is 0 Å². The smallest absolute Gasteiger partial charge is 0.0654 e. The Morgan fingerprint density at radius 3 is 1.74 bits per heavy atom. The maximum absolute atomic E-state index is 2.45. The SMILES string of the molecule is CCCCc1ccc(C2(c3ccccc3CCCC)c3cc(C)ccc3-c3ccc(C)cc32)cc1. The van der Waals surface area contributed by atoms with Gasteiger partial charge >= 0.3 is 0 Å². The first-order valence-electron chi connectivity index (χ1n) is 13.5. The molecular weight excluding hydrogens is 420 g/mol. The summed E-state index contributed by atoms with van der Waals surface area (Å²) in [6.45, 7) is 9.03. The summed E-state index contributed by atoms with van der Waals surface area (Å²) in [5, 5.41) is 0. The van der Waals surface area contributed by atoms with Crippen LogP contribution in [-0.2, 0) is 18.3 Å². The van der Waals surface area contributed by atoms with Crippen LogP contribution in [0.5, 0.6) is 0 Å². The summed E-state index contributed by atoms with van der Waals surface area (Å²) in [4.78, 5) is 0. The van der Waals surface area contributed by atoms with E-state index in [0.29, 0.717) is 0 Å². The topological polar surface area (TPSA) is 0 Å². The summed E-state index contributed by atoms with van der Waals surface area (Å²) >= 11 is 0. The fourth-order valence-corrected chi connectivity index (χ4v) is 6.08. The van der Waals surface area contributed by atoms with Gasteiger partial charge in [0.2, 0.25) is 0 Å². The number of unbranched alkanes of at least 4 members (excludes halogenated alkanes) is 2. The average molecular weight is 459 g/mol. The molecule has 5 rings (SSSR count). The fourth-order valence-electron chi connectivity index (χ4n) is 6.08. The van der Waals surface area contributed by atoms with Crippen LogP contribution < -0.4 is 0 Å². The molecule has 0 aliphatic heterocycles. The molecule has 1 aliphatic carbocycles. The zero-order valence-electron chi connectivity index (χ0n) is 21.8. The summed E-state index contributed by atoms with van der Waals surface area (Å²) in [7, 11) is 0. The van der Waals surface area contributed by atoms with Crippen molar-refractivity contribution in [3.63, 3.8) is 0 Å². The Morgan fingerprint density at radius 1 is 0.571 bits per heavy atom. The lowest BCUT2D eigenvalue weighted by Crippen LogP contribution is -2.30. The van der Waals surface area contributed by atoms with E-state index in [4.69, 9.17) is 0 Å². The monoisotopic (exact) mass is 458 g/mol. The predicted molar refractivity (Wildman–Crippen MR) is 150 cm³/mol. The minimum atomic E-state index is -0.295. The molecule has 0 spiro atoms. The van der Waals surface area contributed by atoms with Gasteiger partial charge in [0.05, 0.1) is 5.41 Å². The molecule has 1 aliphatic rings. The Morgan fingerprint density at radius 2 is 1.14 bits per heavy atom. The van der Waals surface area contributed by atoms with E-state index in [1.165, 1.54) is 81.3 Å². The maximum atomic E-state index is 2.45. The van der Waals surface area contributed by atoms with Crippen LogP contribution in [0.15, 0.2) is 84.9 Å². The highest BCUT2D eigenvalue weighted by Crippen LogP contribution is 2.57. The summed E-state index contributed by atoms with van der Waals surface area (Å²) in [5.41, 5.74) is 13.7. The first-order valence-corrected chi connectivity index (χ1v) is 13.5. The highest BCUT2D eigenvalue weighted by molar-refractivity contribution is 5.87. The van der Waals surface area contributed by atoms with Crippen LogP contribution in [-0.4, -0.2) is 0 Å². The fraction of sp³-hybridized carbons (Fsp3) is 0.314. The van der Waals surface area contributed by atoms with Crippen molar-refractivity contribution in [3.05, 3.63) is 129 Å². The molecule has 35 heavy (non-hydrogen) atoms. The summed E-state index contributed by atoms with van der Waals surface area (Å²) in [6.07, 6.45) is 7.17. The van der Waals surface area contributed by atoms with Gasteiger partial charge in [0.15, 0.2) is 0 Å². The predicted octanol–water partition coefficient (Wildman–Crippen LogP) is 9.35. The lowest BCUT2D eigenvalue weighted by Gasteiger charge is -2.36. The normalized spacial score (nSPS) is 13.5. The molecule has 0 saturated carbocycles. The molecule has 0 aromatic heterocycles. The van der Waals surface area contributed by atoms with Gasteiger partial charge in [-0.2, -0.15) is 0 Å². The van der Waals surface area contributed by atoms with Gasteiger partial charge < -0.3 is 0 Å². The maximum Gasteiger partial charge on any atom is 0.0716 e. The van der Waals surface area contributed by atoms with Crippen molar-refractivity contribution >= 4 is 0 Å². The lowest BCUT2D eigenvalue weighted by atomic mass is 9.65. The second kappa shape index (κ2) is 9.86. The third-order valence-corrected chi connectivity index (χ3v) is 7.88. The Hall–Kier alpha value is -3.12. The third kappa shape index (κ3) is 4.04. The van der Waals surface area contributed by atoms with Crippen LogP contribution in [0.25, 0.3) is 11.1 Å². The Balaban J connectivity index is 1.85. The van der Waals surface area contributed by atoms with Gasteiger partial charge in [0.1, 0.15) is 0 Å². The van der Waals surface area contributed by atoms with E-state index in [-0.39, 0.29) is 5.41 Å². The molecular formula is C35H38. The van der Waals surface area contributed by atoms with E-state index < -0.39 is 0 Å². The highest BCUT2D eigenvalue weighted by atomic mass is 14.5. The van der Waals surface area contributed by atoms with Gasteiger partial charge in [-0.25, -0.2) is 0 Å². The molecule has 0 fully saturated rings. The van der Waals surface area contributed by atoms with Gasteiger partial charge in [0.25, 0.3) is 0 Å². The van der Waals surface area contributed by atoms with Crippen molar-refractivity contribution in [2.24, 2.45) is 0 Å². The molecule has 4 aromatic rings. The molecule has 0 nitrogen and oxygen atoms in total. The first kappa shape index (κ1) is 23.6. The van der Waals surface area contributed by atoms with E-state index in [9.17, 15) is 0 Å². The molecule has 0 heteroatoms. The minimum absolute atomic E-state index is 0.295. The zero-order valence-corrected chi connectivity index (χ0v) is 21.8. The minimum Gasteiger partial charge on any atom is -0.0654 e. The largest absolute Gasteiger partial charge is 0.0716 e. The van der Waals surface area contributed by atoms with Crippen LogP contribution in [0.4, 0.5) is 0 Å². The number of fused-ring (bicyclic) bond motifs is 3. The molecule has 178 valence electrons. The van der Waals surface area contributed by atoms with Crippen molar-refractivity contribution in [1.29, 1.82) is 0 Å². The molecule has 0 N–H and O–H groups in total. The molecule has 0 radical (unpaired) electrons. The van der Waals surface area contributed by atoms with E-state index in [1.54, 1.807) is 0 Å². The van der Waals surface area contributed by atoms with Gasteiger partial charge in [-0.15, -0.1) is 0 Å². The molecule has 0 atom stereocenters. The van der Waals surface area contributed by atoms with Crippen molar-refractivity contribution in [2.45, 2.75) is 71.6 Å². The summed E-state index contributed by atoms with van der Waals surface area (Å²) in [6, 6.07) is 33.0. The van der Waals surface area contributed by atoms with Gasteiger partial charge in [-0.05, 0) is 84.0 Å². The van der Waals surface area contributed by atoms with Crippen LogP contribution in [0.1, 0.15) is 84.0 Å². The summed E-state index contributed by atoms with van der Waals surface area (Å²) in [5.74, 6) is 0. The molecule has 0 bridgehead atoms. The Kier molecular flexibility index (Phi) is 6.65. The number of rotatable bonds is 8. The van der Waals surface area contributed by atoms with E-state index in [0.717, 1.165) is 12.8 Å². The molecule has 4 aromatic carbocycles. The van der Waals surface area contributed by atoms with E-state index in [1.807, 2.05) is 0 Å². The summed E-state index contributed by atoms with van der Waals surface area (Å²) < 4.78 is 0. The van der Waals surface area contributed by atoms with Crippen molar-refractivity contribution in [3.8, 4) is 11.1 Å². The molecule has 0 amide bonds. The number of benzene rings is 4. The number of aryl methyl sites for hydroxylation is 4. The molecule has 0 heterocycles. The third-order valence-electron chi connectivity index (χ3n) is 7.88. The highest BCUT2D eigenvalue weighted by Gasteiger charge is 2.47. The van der Waals surface area contributed by atoms with Gasteiger partial charge in [0, 0.05) is 0 Å². The number of hydrogen-bond donors (Lipinski definition) is 0. The number of hydrogen-bond acceptors (Lipinski definition) is 0. The van der Waals surface area contributed by atoms with E-state index in [2.05, 4.69) is 113 Å². The molecule has 0 unspecified atom stereocenters. The van der Waals surface area contributed by atoms with Crippen LogP contribution in [0.2, 0.25) is 0 Å². The van der Waals surface area contributed by atoms with Crippen LogP contribution in [0, 0.1) is 13.8 Å². The quantitative estimate of drug-likeness (QED) is 0.217. The average Bonchev–Trinajstić information content (AvgIpc) is 3.16. The standard InChI is InChI=1S/C35H38/c1-5-7-11-27-17-19-29(20-18-27)35(32-14-10-9-13-28(32)12-8-6-2)33-23-25(3)15-21-30(33)31-22-16-26(4)24-34(31)35/h9-10,13-24H,5-8,11-12H2,1-4H3.